The Morgan fingerprint density at radius 2 is 1.30 bits per heavy atom. The SMILES string of the molecule is NC(Cc1ccccc1)C(=O)NCc1ccc(Nc2cc(C(F)(F)F)ccc2Nc2ccccc2C(=O)O)c(C(=O)O)c1. The van der Waals surface area contributed by atoms with Crippen LogP contribution in [0.25, 0.3) is 0 Å². The molecule has 4 aromatic carbocycles. The maximum Gasteiger partial charge on any atom is 0.416 e. The molecule has 222 valence electrons. The maximum atomic E-state index is 13.6. The third-order valence-corrected chi connectivity index (χ3v) is 6.46. The van der Waals surface area contributed by atoms with Gasteiger partial charge in [-0.25, -0.2) is 9.59 Å². The summed E-state index contributed by atoms with van der Waals surface area (Å²) < 4.78 is 40.7. The molecule has 0 aliphatic carbocycles. The zero-order chi connectivity index (χ0) is 31.1. The summed E-state index contributed by atoms with van der Waals surface area (Å²) in [5.74, 6) is -3.06. The summed E-state index contributed by atoms with van der Waals surface area (Å²) in [4.78, 5) is 36.3. The summed E-state index contributed by atoms with van der Waals surface area (Å²) in [7, 11) is 0. The molecule has 0 aromatic heterocycles. The van der Waals surface area contributed by atoms with Gasteiger partial charge in [-0.2, -0.15) is 13.2 Å². The lowest BCUT2D eigenvalue weighted by molar-refractivity contribution is -0.137. The van der Waals surface area contributed by atoms with E-state index in [1.54, 1.807) is 6.07 Å². The van der Waals surface area contributed by atoms with Gasteiger partial charge in [0.2, 0.25) is 5.91 Å². The summed E-state index contributed by atoms with van der Waals surface area (Å²) >= 11 is 0. The summed E-state index contributed by atoms with van der Waals surface area (Å²) in [5, 5.41) is 27.6. The molecule has 0 aliphatic heterocycles. The van der Waals surface area contributed by atoms with Crippen molar-refractivity contribution in [2.24, 2.45) is 5.73 Å². The van der Waals surface area contributed by atoms with Crippen molar-refractivity contribution in [3.8, 4) is 0 Å². The van der Waals surface area contributed by atoms with Crippen LogP contribution < -0.4 is 21.7 Å². The average Bonchev–Trinajstić information content (AvgIpc) is 2.97. The Hall–Kier alpha value is -5.36. The van der Waals surface area contributed by atoms with Gasteiger partial charge in [0.1, 0.15) is 0 Å². The minimum absolute atomic E-state index is 0.0303. The molecule has 1 atom stereocenters. The van der Waals surface area contributed by atoms with Gasteiger partial charge in [-0.15, -0.1) is 0 Å². The van der Waals surface area contributed by atoms with Crippen LogP contribution in [-0.2, 0) is 23.9 Å². The Morgan fingerprint density at radius 3 is 1.98 bits per heavy atom. The van der Waals surface area contributed by atoms with Gasteiger partial charge in [-0.05, 0) is 60.0 Å². The number of carbonyl (C=O) groups is 3. The lowest BCUT2D eigenvalue weighted by Gasteiger charge is -2.19. The summed E-state index contributed by atoms with van der Waals surface area (Å²) in [6.45, 7) is -0.0375. The fraction of sp³-hybridized carbons (Fsp3) is 0.129. The number of para-hydroxylation sites is 1. The van der Waals surface area contributed by atoms with Gasteiger partial charge >= 0.3 is 18.1 Å². The molecule has 1 amide bonds. The standard InChI is InChI=1S/C31H27F3N4O5/c32-31(33,34)20-11-13-26(37-24-9-5-4-8-21(24)29(40)41)27(16-20)38-25-12-10-19(14-22(25)30(42)43)17-36-28(39)23(35)15-18-6-2-1-3-7-18/h1-14,16,23,37-38H,15,17,35H2,(H,36,39)(H,40,41)(H,42,43). The molecule has 7 N–H and O–H groups in total. The average molecular weight is 593 g/mol. The van der Waals surface area contributed by atoms with Crippen LogP contribution in [0, 0.1) is 0 Å². The van der Waals surface area contributed by atoms with E-state index in [0.29, 0.717) is 12.0 Å². The molecule has 1 unspecified atom stereocenters. The first-order valence-electron chi connectivity index (χ1n) is 12.9. The minimum Gasteiger partial charge on any atom is -0.478 e. The van der Waals surface area contributed by atoms with Gasteiger partial charge in [0.25, 0.3) is 0 Å². The normalized spacial score (nSPS) is 11.8. The molecule has 0 aliphatic rings. The number of benzene rings is 4. The van der Waals surface area contributed by atoms with Crippen molar-refractivity contribution in [3.05, 3.63) is 119 Å². The molecular weight excluding hydrogens is 565 g/mol. The van der Waals surface area contributed by atoms with Gasteiger partial charge in [0.05, 0.1) is 45.5 Å². The molecule has 0 radical (unpaired) electrons. The van der Waals surface area contributed by atoms with Crippen LogP contribution in [0.1, 0.15) is 37.4 Å². The molecule has 0 heterocycles. The lowest BCUT2D eigenvalue weighted by Crippen LogP contribution is -2.41. The first-order valence-corrected chi connectivity index (χ1v) is 12.9. The van der Waals surface area contributed by atoms with E-state index in [0.717, 1.165) is 23.8 Å². The number of hydrogen-bond donors (Lipinski definition) is 6. The van der Waals surface area contributed by atoms with Crippen molar-refractivity contribution in [2.45, 2.75) is 25.2 Å². The molecule has 43 heavy (non-hydrogen) atoms. The highest BCUT2D eigenvalue weighted by Crippen LogP contribution is 2.37. The number of carboxylic acids is 2. The van der Waals surface area contributed by atoms with Crippen molar-refractivity contribution < 1.29 is 37.8 Å². The van der Waals surface area contributed by atoms with Crippen LogP contribution in [0.2, 0.25) is 0 Å². The number of alkyl halides is 3. The number of hydrogen-bond acceptors (Lipinski definition) is 6. The maximum absolute atomic E-state index is 13.6. The van der Waals surface area contributed by atoms with Crippen molar-refractivity contribution >= 4 is 40.6 Å². The monoisotopic (exact) mass is 592 g/mol. The van der Waals surface area contributed by atoms with Gasteiger partial charge < -0.3 is 31.9 Å². The third kappa shape index (κ3) is 7.89. The van der Waals surface area contributed by atoms with E-state index in [9.17, 15) is 37.8 Å². The van der Waals surface area contributed by atoms with Gasteiger partial charge in [0, 0.05) is 6.54 Å². The highest BCUT2D eigenvalue weighted by atomic mass is 19.4. The summed E-state index contributed by atoms with van der Waals surface area (Å²) in [5.41, 5.74) is 5.92. The van der Waals surface area contributed by atoms with Gasteiger partial charge in [-0.3, -0.25) is 4.79 Å². The molecule has 0 saturated carbocycles. The summed E-state index contributed by atoms with van der Waals surface area (Å²) in [6.07, 6.45) is -4.40. The van der Waals surface area contributed by atoms with E-state index in [1.165, 1.54) is 36.4 Å². The van der Waals surface area contributed by atoms with Crippen LogP contribution in [0.5, 0.6) is 0 Å². The number of nitrogens with one attached hydrogen (secondary N) is 3. The number of amides is 1. The van der Waals surface area contributed by atoms with Crippen LogP contribution in [0.4, 0.5) is 35.9 Å². The predicted octanol–water partition coefficient (Wildman–Crippen LogP) is 5.78. The van der Waals surface area contributed by atoms with Crippen LogP contribution in [0.3, 0.4) is 0 Å². The lowest BCUT2D eigenvalue weighted by atomic mass is 10.1. The number of aromatic carboxylic acids is 2. The van der Waals surface area contributed by atoms with Crippen molar-refractivity contribution in [2.75, 3.05) is 10.6 Å². The Kier molecular flexibility index (Phi) is 9.31. The Labute approximate surface area is 244 Å². The molecule has 4 rings (SSSR count). The molecule has 4 aromatic rings. The van der Waals surface area contributed by atoms with Crippen molar-refractivity contribution in [1.82, 2.24) is 5.32 Å². The molecule has 12 heteroatoms. The second kappa shape index (κ2) is 13.1. The first kappa shape index (κ1) is 30.6. The number of halogens is 3. The predicted molar refractivity (Wildman–Crippen MR) is 155 cm³/mol. The fourth-order valence-corrected chi connectivity index (χ4v) is 4.27. The molecule has 0 saturated heterocycles. The van der Waals surface area contributed by atoms with E-state index < -0.39 is 35.6 Å². The molecular formula is C31H27F3N4O5. The highest BCUT2D eigenvalue weighted by Gasteiger charge is 2.31. The smallest absolute Gasteiger partial charge is 0.416 e. The molecule has 9 nitrogen and oxygen atoms in total. The number of rotatable bonds is 11. The third-order valence-electron chi connectivity index (χ3n) is 6.46. The van der Waals surface area contributed by atoms with Gasteiger partial charge in [-0.1, -0.05) is 48.5 Å². The van der Waals surface area contributed by atoms with Crippen molar-refractivity contribution in [3.63, 3.8) is 0 Å². The molecule has 0 spiro atoms. The van der Waals surface area contributed by atoms with Crippen LogP contribution in [-0.4, -0.2) is 34.1 Å². The van der Waals surface area contributed by atoms with Crippen molar-refractivity contribution in [1.29, 1.82) is 0 Å². The molecule has 0 bridgehead atoms. The number of nitrogens with two attached hydrogens (primary N) is 1. The van der Waals surface area contributed by atoms with E-state index in [1.807, 2.05) is 30.3 Å². The Bertz CT molecular complexity index is 1640. The second-order valence-corrected chi connectivity index (χ2v) is 9.56. The number of anilines is 4. The van der Waals surface area contributed by atoms with Gasteiger partial charge in [0.15, 0.2) is 0 Å². The molecule has 0 fully saturated rings. The minimum atomic E-state index is -4.70. The number of carboxylic acid groups (broad SMARTS) is 2. The quantitative estimate of drug-likeness (QED) is 0.128. The highest BCUT2D eigenvalue weighted by molar-refractivity contribution is 5.98. The topological polar surface area (TPSA) is 154 Å². The fourth-order valence-electron chi connectivity index (χ4n) is 4.27. The van der Waals surface area contributed by atoms with Crippen LogP contribution in [0.15, 0.2) is 91.0 Å². The number of carbonyl (C=O) groups excluding carboxylic acids is 1. The largest absolute Gasteiger partial charge is 0.478 e. The Morgan fingerprint density at radius 1 is 0.698 bits per heavy atom. The zero-order valence-corrected chi connectivity index (χ0v) is 22.5. The second-order valence-electron chi connectivity index (χ2n) is 9.56. The van der Waals surface area contributed by atoms with E-state index >= 15 is 0 Å². The van der Waals surface area contributed by atoms with E-state index in [-0.39, 0.29) is 40.4 Å². The van der Waals surface area contributed by atoms with Crippen LogP contribution >= 0.6 is 0 Å². The Balaban J connectivity index is 1.58. The van der Waals surface area contributed by atoms with E-state index in [2.05, 4.69) is 16.0 Å². The zero-order valence-electron chi connectivity index (χ0n) is 22.5. The summed E-state index contributed by atoms with van der Waals surface area (Å²) in [6, 6.07) is 21.1. The van der Waals surface area contributed by atoms with E-state index in [4.69, 9.17) is 5.73 Å². The first-order chi connectivity index (χ1) is 20.4.